The highest BCUT2D eigenvalue weighted by Gasteiger charge is 2.37. The zero-order valence-corrected chi connectivity index (χ0v) is 20.3. The summed E-state index contributed by atoms with van der Waals surface area (Å²) in [4.78, 5) is 9.44. The number of aliphatic hydroxyl groups is 1. The SMILES string of the molecule is CC(C)=O.CO[C@@H](C)c1ccc(C(C)(C)C)cc1C(O)(c1ccccc1)c1ccccc1. The Kier molecular flexibility index (Phi) is 8.54. The molecular formula is C29H36O3. The fourth-order valence-corrected chi connectivity index (χ4v) is 3.65. The van der Waals surface area contributed by atoms with Crippen molar-refractivity contribution in [2.75, 3.05) is 7.11 Å². The fraction of sp³-hybridized carbons (Fsp3) is 0.345. The van der Waals surface area contributed by atoms with E-state index >= 15 is 0 Å². The molecule has 0 aliphatic carbocycles. The van der Waals surface area contributed by atoms with Crippen LogP contribution in [0.1, 0.15) is 75.5 Å². The number of carbonyl (C=O) groups is 1. The quantitative estimate of drug-likeness (QED) is 0.464. The maximum Gasteiger partial charge on any atom is 0.140 e. The van der Waals surface area contributed by atoms with Gasteiger partial charge >= 0.3 is 0 Å². The number of ketones is 1. The summed E-state index contributed by atoms with van der Waals surface area (Å²) < 4.78 is 5.66. The average Bonchev–Trinajstić information content (AvgIpc) is 2.78. The van der Waals surface area contributed by atoms with Gasteiger partial charge in [0.25, 0.3) is 0 Å². The minimum absolute atomic E-state index is 0.0299. The summed E-state index contributed by atoms with van der Waals surface area (Å²) >= 11 is 0. The summed E-state index contributed by atoms with van der Waals surface area (Å²) in [6.45, 7) is 11.6. The van der Waals surface area contributed by atoms with E-state index in [0.717, 1.165) is 22.3 Å². The molecule has 3 nitrogen and oxygen atoms in total. The largest absolute Gasteiger partial charge is 0.377 e. The molecule has 0 saturated carbocycles. The monoisotopic (exact) mass is 432 g/mol. The highest BCUT2D eigenvalue weighted by atomic mass is 16.5. The first kappa shape index (κ1) is 25.5. The normalized spacial score (nSPS) is 12.5. The van der Waals surface area contributed by atoms with Crippen LogP contribution in [-0.2, 0) is 20.5 Å². The lowest BCUT2D eigenvalue weighted by Crippen LogP contribution is -2.31. The van der Waals surface area contributed by atoms with Gasteiger partial charge in [-0.1, -0.05) is 99.6 Å². The van der Waals surface area contributed by atoms with Crippen molar-refractivity contribution in [3.8, 4) is 0 Å². The third-order valence-corrected chi connectivity index (χ3v) is 5.48. The molecule has 0 saturated heterocycles. The van der Waals surface area contributed by atoms with Gasteiger partial charge in [0.2, 0.25) is 0 Å². The zero-order chi connectivity index (χ0) is 23.9. The summed E-state index contributed by atoms with van der Waals surface area (Å²) in [5, 5.41) is 12.3. The second-order valence-corrected chi connectivity index (χ2v) is 9.28. The first-order valence-electron chi connectivity index (χ1n) is 11.0. The van der Waals surface area contributed by atoms with Crippen molar-refractivity contribution in [1.29, 1.82) is 0 Å². The Morgan fingerprint density at radius 2 is 1.25 bits per heavy atom. The third-order valence-electron chi connectivity index (χ3n) is 5.48. The van der Waals surface area contributed by atoms with Crippen molar-refractivity contribution in [2.45, 2.75) is 58.7 Å². The van der Waals surface area contributed by atoms with Crippen molar-refractivity contribution < 1.29 is 14.6 Å². The van der Waals surface area contributed by atoms with E-state index in [2.05, 4.69) is 39.0 Å². The number of hydrogen-bond acceptors (Lipinski definition) is 3. The molecule has 0 radical (unpaired) electrons. The topological polar surface area (TPSA) is 46.5 Å². The molecule has 3 rings (SSSR count). The molecule has 32 heavy (non-hydrogen) atoms. The van der Waals surface area contributed by atoms with Crippen molar-refractivity contribution in [1.82, 2.24) is 0 Å². The van der Waals surface area contributed by atoms with E-state index in [0.29, 0.717) is 0 Å². The van der Waals surface area contributed by atoms with Gasteiger partial charge in [0.05, 0.1) is 6.10 Å². The number of ether oxygens (including phenoxy) is 1. The lowest BCUT2D eigenvalue weighted by Gasteiger charge is -2.34. The van der Waals surface area contributed by atoms with Crippen LogP contribution in [0.15, 0.2) is 78.9 Å². The van der Waals surface area contributed by atoms with E-state index in [1.54, 1.807) is 7.11 Å². The van der Waals surface area contributed by atoms with Gasteiger partial charge in [0.15, 0.2) is 0 Å². The van der Waals surface area contributed by atoms with Gasteiger partial charge in [0, 0.05) is 7.11 Å². The Balaban J connectivity index is 0.000000837. The van der Waals surface area contributed by atoms with E-state index < -0.39 is 5.60 Å². The van der Waals surface area contributed by atoms with E-state index in [-0.39, 0.29) is 17.3 Å². The lowest BCUT2D eigenvalue weighted by atomic mass is 9.75. The van der Waals surface area contributed by atoms with Gasteiger partial charge in [-0.3, -0.25) is 0 Å². The summed E-state index contributed by atoms with van der Waals surface area (Å²) in [7, 11) is 1.70. The van der Waals surface area contributed by atoms with Crippen LogP contribution in [0.4, 0.5) is 0 Å². The molecule has 3 aromatic rings. The van der Waals surface area contributed by atoms with Crippen LogP contribution in [-0.4, -0.2) is 18.0 Å². The highest BCUT2D eigenvalue weighted by molar-refractivity contribution is 5.72. The molecule has 1 atom stereocenters. The Labute approximate surface area is 193 Å². The van der Waals surface area contributed by atoms with Gasteiger partial charge in [-0.2, -0.15) is 0 Å². The second kappa shape index (κ2) is 10.7. The first-order valence-corrected chi connectivity index (χ1v) is 11.0. The molecule has 0 fully saturated rings. The zero-order valence-electron chi connectivity index (χ0n) is 20.3. The van der Waals surface area contributed by atoms with Gasteiger partial charge < -0.3 is 14.6 Å². The third kappa shape index (κ3) is 5.93. The van der Waals surface area contributed by atoms with Crippen LogP contribution in [0.25, 0.3) is 0 Å². The van der Waals surface area contributed by atoms with Crippen LogP contribution < -0.4 is 0 Å². The van der Waals surface area contributed by atoms with E-state index in [1.165, 1.54) is 19.4 Å². The summed E-state index contributed by atoms with van der Waals surface area (Å²) in [6, 6.07) is 26.1. The van der Waals surface area contributed by atoms with Crippen molar-refractivity contribution >= 4 is 5.78 Å². The van der Waals surface area contributed by atoms with Crippen LogP contribution in [0.5, 0.6) is 0 Å². The molecule has 0 amide bonds. The van der Waals surface area contributed by atoms with E-state index in [9.17, 15) is 9.90 Å². The molecule has 0 heterocycles. The number of Topliss-reactive ketones (excluding diaryl/α,β-unsaturated/α-hetero) is 1. The molecule has 0 unspecified atom stereocenters. The summed E-state index contributed by atoms with van der Waals surface area (Å²) in [5.41, 5.74) is 3.43. The molecule has 170 valence electrons. The lowest BCUT2D eigenvalue weighted by molar-refractivity contribution is -0.114. The van der Waals surface area contributed by atoms with Crippen molar-refractivity contribution in [3.63, 3.8) is 0 Å². The van der Waals surface area contributed by atoms with Gasteiger partial charge in [-0.15, -0.1) is 0 Å². The van der Waals surface area contributed by atoms with Crippen LogP contribution in [0, 0.1) is 0 Å². The Hall–Kier alpha value is -2.75. The van der Waals surface area contributed by atoms with Crippen LogP contribution in [0.3, 0.4) is 0 Å². The van der Waals surface area contributed by atoms with E-state index in [4.69, 9.17) is 4.74 Å². The maximum atomic E-state index is 12.3. The Morgan fingerprint density at radius 3 is 1.62 bits per heavy atom. The van der Waals surface area contributed by atoms with Gasteiger partial charge in [-0.05, 0) is 54.0 Å². The molecule has 0 aromatic heterocycles. The summed E-state index contributed by atoms with van der Waals surface area (Å²) in [5.74, 6) is 0.167. The minimum atomic E-state index is -1.27. The molecule has 1 N–H and O–H groups in total. The second-order valence-electron chi connectivity index (χ2n) is 9.28. The molecule has 3 aromatic carbocycles. The number of hydrogen-bond donors (Lipinski definition) is 1. The Bertz CT molecular complexity index is 958. The van der Waals surface area contributed by atoms with Crippen LogP contribution in [0.2, 0.25) is 0 Å². The highest BCUT2D eigenvalue weighted by Crippen LogP contribution is 2.42. The standard InChI is InChI=1S/C26H30O2.C3H6O/c1-19(28-5)23-17-16-22(25(2,3)4)18-24(23)26(27,20-12-8-6-9-13-20)21-14-10-7-11-15-21;1-3(2)4/h6-19,27H,1-5H3;1-2H3/t19-;/m0./s1. The number of methoxy groups -OCH3 is 1. The number of rotatable bonds is 5. The number of carbonyl (C=O) groups excluding carboxylic acids is 1. The van der Waals surface area contributed by atoms with Crippen molar-refractivity contribution in [3.05, 3.63) is 107 Å². The molecule has 3 heteroatoms. The van der Waals surface area contributed by atoms with E-state index in [1.807, 2.05) is 67.6 Å². The maximum absolute atomic E-state index is 12.3. The predicted octanol–water partition coefficient (Wildman–Crippen LogP) is 6.57. The molecular weight excluding hydrogens is 396 g/mol. The van der Waals surface area contributed by atoms with Crippen LogP contribution >= 0.6 is 0 Å². The predicted molar refractivity (Wildman–Crippen MR) is 132 cm³/mol. The first-order chi connectivity index (χ1) is 15.0. The molecule has 0 aliphatic heterocycles. The Morgan fingerprint density at radius 1 is 0.812 bits per heavy atom. The molecule has 0 aliphatic rings. The average molecular weight is 433 g/mol. The fourth-order valence-electron chi connectivity index (χ4n) is 3.65. The van der Waals surface area contributed by atoms with Gasteiger partial charge in [-0.25, -0.2) is 0 Å². The smallest absolute Gasteiger partial charge is 0.140 e. The molecule has 0 spiro atoms. The summed E-state index contributed by atoms with van der Waals surface area (Å²) in [6.07, 6.45) is -0.136. The number of benzene rings is 3. The van der Waals surface area contributed by atoms with Gasteiger partial charge in [0.1, 0.15) is 11.4 Å². The molecule has 0 bridgehead atoms. The minimum Gasteiger partial charge on any atom is -0.377 e. The van der Waals surface area contributed by atoms with Crippen molar-refractivity contribution in [2.24, 2.45) is 0 Å².